The Bertz CT molecular complexity index is 486. The first-order valence-corrected chi connectivity index (χ1v) is 6.39. The molecule has 0 heterocycles. The molecule has 0 radical (unpaired) electrons. The van der Waals surface area contributed by atoms with Crippen LogP contribution in [0.3, 0.4) is 0 Å². The van der Waals surface area contributed by atoms with Gasteiger partial charge in [0.1, 0.15) is 0 Å². The lowest BCUT2D eigenvalue weighted by atomic mass is 10.1. The standard InChI is InChI=1S/C14H16F3NO3/c1-3-20-12(18-10-8-6-5-7-9-10)11(14(15,16)17)13(19)21-4-2/h5-9,11H,3-4H2,1-2H3. The van der Waals surface area contributed by atoms with Crippen LogP contribution in [0.1, 0.15) is 13.8 Å². The SMILES string of the molecule is CCOC(=O)C(C(=Nc1ccccc1)OCC)C(F)(F)F. The second-order valence-electron chi connectivity index (χ2n) is 3.95. The van der Waals surface area contributed by atoms with E-state index in [4.69, 9.17) is 4.74 Å². The summed E-state index contributed by atoms with van der Waals surface area (Å²) in [5.41, 5.74) is 0.263. The molecule has 7 heteroatoms. The summed E-state index contributed by atoms with van der Waals surface area (Å²) in [6.45, 7) is 2.74. The van der Waals surface area contributed by atoms with Gasteiger partial charge in [-0.15, -0.1) is 0 Å². The van der Waals surface area contributed by atoms with E-state index in [1.807, 2.05) is 0 Å². The number of carbonyl (C=O) groups excluding carboxylic acids is 1. The summed E-state index contributed by atoms with van der Waals surface area (Å²) < 4.78 is 48.7. The maximum absolute atomic E-state index is 13.1. The molecule has 4 nitrogen and oxygen atoms in total. The minimum absolute atomic E-state index is 0.0440. The van der Waals surface area contributed by atoms with Gasteiger partial charge < -0.3 is 9.47 Å². The Hall–Kier alpha value is -2.05. The van der Waals surface area contributed by atoms with Crippen molar-refractivity contribution in [1.29, 1.82) is 0 Å². The molecule has 21 heavy (non-hydrogen) atoms. The first kappa shape index (κ1) is 17.0. The Morgan fingerprint density at radius 1 is 1.14 bits per heavy atom. The summed E-state index contributed by atoms with van der Waals surface area (Å²) in [4.78, 5) is 15.4. The van der Waals surface area contributed by atoms with Crippen LogP contribution in [0.5, 0.6) is 0 Å². The van der Waals surface area contributed by atoms with Crippen molar-refractivity contribution in [1.82, 2.24) is 0 Å². The second kappa shape index (κ2) is 7.66. The number of hydrogen-bond donors (Lipinski definition) is 0. The number of benzene rings is 1. The lowest BCUT2D eigenvalue weighted by Gasteiger charge is -2.20. The zero-order chi connectivity index (χ0) is 15.9. The van der Waals surface area contributed by atoms with Crippen molar-refractivity contribution in [3.05, 3.63) is 30.3 Å². The number of esters is 1. The maximum Gasteiger partial charge on any atom is 0.410 e. The quantitative estimate of drug-likeness (QED) is 0.475. The van der Waals surface area contributed by atoms with Crippen LogP contribution in [0, 0.1) is 5.92 Å². The average molecular weight is 303 g/mol. The zero-order valence-corrected chi connectivity index (χ0v) is 11.7. The van der Waals surface area contributed by atoms with Gasteiger partial charge in [0.2, 0.25) is 11.8 Å². The number of halogens is 3. The summed E-state index contributed by atoms with van der Waals surface area (Å²) >= 11 is 0. The highest BCUT2D eigenvalue weighted by Gasteiger charge is 2.51. The molecule has 1 aromatic carbocycles. The number of para-hydroxylation sites is 1. The number of aliphatic imine (C=N–C) groups is 1. The molecule has 0 fully saturated rings. The number of ether oxygens (including phenoxy) is 2. The molecule has 116 valence electrons. The van der Waals surface area contributed by atoms with Gasteiger partial charge in [0.05, 0.1) is 18.9 Å². The second-order valence-corrected chi connectivity index (χ2v) is 3.95. The normalized spacial score (nSPS) is 13.7. The molecule has 0 saturated heterocycles. The summed E-state index contributed by atoms with van der Waals surface area (Å²) in [6, 6.07) is 7.96. The molecule has 0 aliphatic heterocycles. The zero-order valence-electron chi connectivity index (χ0n) is 11.7. The van der Waals surface area contributed by atoms with E-state index in [1.165, 1.54) is 26.0 Å². The van der Waals surface area contributed by atoms with Gasteiger partial charge in [0.15, 0.2) is 0 Å². The van der Waals surface area contributed by atoms with E-state index < -0.39 is 24.0 Å². The minimum Gasteiger partial charge on any atom is -0.480 e. The van der Waals surface area contributed by atoms with Crippen LogP contribution in [0.25, 0.3) is 0 Å². The Kier molecular flexibility index (Phi) is 6.20. The van der Waals surface area contributed by atoms with E-state index >= 15 is 0 Å². The van der Waals surface area contributed by atoms with Crippen molar-refractivity contribution < 1.29 is 27.4 Å². The molecular formula is C14H16F3NO3. The fraction of sp³-hybridized carbons (Fsp3) is 0.429. The Morgan fingerprint density at radius 3 is 2.19 bits per heavy atom. The fourth-order valence-electron chi connectivity index (χ4n) is 1.56. The monoisotopic (exact) mass is 303 g/mol. The van der Waals surface area contributed by atoms with Gasteiger partial charge in [-0.05, 0) is 26.0 Å². The molecule has 0 N–H and O–H groups in total. The molecular weight excluding hydrogens is 287 g/mol. The Labute approximate surface area is 120 Å². The molecule has 0 bridgehead atoms. The van der Waals surface area contributed by atoms with Crippen LogP contribution in [0.15, 0.2) is 35.3 Å². The van der Waals surface area contributed by atoms with Crippen LogP contribution in [0.4, 0.5) is 18.9 Å². The first-order valence-electron chi connectivity index (χ1n) is 6.39. The minimum atomic E-state index is -4.84. The number of hydrogen-bond acceptors (Lipinski definition) is 4. The van der Waals surface area contributed by atoms with Crippen LogP contribution in [-0.4, -0.2) is 31.3 Å². The molecule has 0 amide bonds. The Morgan fingerprint density at radius 2 is 1.71 bits per heavy atom. The summed E-state index contributed by atoms with van der Waals surface area (Å²) in [6.07, 6.45) is -4.84. The van der Waals surface area contributed by atoms with Crippen LogP contribution >= 0.6 is 0 Å². The van der Waals surface area contributed by atoms with Crippen molar-refractivity contribution >= 4 is 17.6 Å². The highest BCUT2D eigenvalue weighted by molar-refractivity contribution is 5.99. The number of rotatable bonds is 5. The molecule has 1 atom stereocenters. The van der Waals surface area contributed by atoms with E-state index in [1.54, 1.807) is 18.2 Å². The molecule has 0 spiro atoms. The van der Waals surface area contributed by atoms with E-state index in [0.717, 1.165) is 0 Å². The summed E-state index contributed by atoms with van der Waals surface area (Å²) in [5, 5.41) is 0. The van der Waals surface area contributed by atoms with E-state index in [9.17, 15) is 18.0 Å². The third-order valence-corrected chi connectivity index (χ3v) is 2.38. The number of carbonyl (C=O) groups is 1. The first-order chi connectivity index (χ1) is 9.90. The topological polar surface area (TPSA) is 47.9 Å². The predicted octanol–water partition coefficient (Wildman–Crippen LogP) is 3.49. The third kappa shape index (κ3) is 5.09. The predicted molar refractivity (Wildman–Crippen MR) is 71.3 cm³/mol. The molecule has 0 saturated carbocycles. The Balaban J connectivity index is 3.20. The lowest BCUT2D eigenvalue weighted by Crippen LogP contribution is -2.40. The van der Waals surface area contributed by atoms with Crippen LogP contribution < -0.4 is 0 Å². The van der Waals surface area contributed by atoms with E-state index in [0.29, 0.717) is 0 Å². The molecule has 1 unspecified atom stereocenters. The maximum atomic E-state index is 13.1. The molecule has 1 rings (SSSR count). The van der Waals surface area contributed by atoms with Crippen molar-refractivity contribution in [2.45, 2.75) is 20.0 Å². The smallest absolute Gasteiger partial charge is 0.410 e. The molecule has 0 aliphatic rings. The fourth-order valence-corrected chi connectivity index (χ4v) is 1.56. The highest BCUT2D eigenvalue weighted by atomic mass is 19.4. The van der Waals surface area contributed by atoms with Crippen LogP contribution in [-0.2, 0) is 14.3 Å². The summed E-state index contributed by atoms with van der Waals surface area (Å²) in [5.74, 6) is -4.67. The van der Waals surface area contributed by atoms with Gasteiger partial charge >= 0.3 is 12.1 Å². The molecule has 0 aromatic heterocycles. The van der Waals surface area contributed by atoms with Gasteiger partial charge in [-0.1, -0.05) is 18.2 Å². The molecule has 1 aromatic rings. The van der Waals surface area contributed by atoms with E-state index in [2.05, 4.69) is 9.73 Å². The summed E-state index contributed by atoms with van der Waals surface area (Å²) in [7, 11) is 0. The third-order valence-electron chi connectivity index (χ3n) is 2.38. The van der Waals surface area contributed by atoms with Gasteiger partial charge in [0, 0.05) is 0 Å². The number of alkyl halides is 3. The van der Waals surface area contributed by atoms with Crippen molar-refractivity contribution in [2.75, 3.05) is 13.2 Å². The average Bonchev–Trinajstić information content (AvgIpc) is 2.39. The van der Waals surface area contributed by atoms with Crippen LogP contribution in [0.2, 0.25) is 0 Å². The van der Waals surface area contributed by atoms with Gasteiger partial charge in [0.25, 0.3) is 0 Å². The number of nitrogens with zero attached hydrogens (tertiary/aromatic N) is 1. The largest absolute Gasteiger partial charge is 0.480 e. The highest BCUT2D eigenvalue weighted by Crippen LogP contribution is 2.30. The van der Waals surface area contributed by atoms with Gasteiger partial charge in [-0.2, -0.15) is 13.2 Å². The lowest BCUT2D eigenvalue weighted by molar-refractivity contribution is -0.186. The van der Waals surface area contributed by atoms with Crippen molar-refractivity contribution in [3.63, 3.8) is 0 Å². The van der Waals surface area contributed by atoms with Crippen molar-refractivity contribution in [3.8, 4) is 0 Å². The van der Waals surface area contributed by atoms with Crippen molar-refractivity contribution in [2.24, 2.45) is 10.9 Å². The molecule has 0 aliphatic carbocycles. The van der Waals surface area contributed by atoms with Gasteiger partial charge in [-0.3, -0.25) is 4.79 Å². The van der Waals surface area contributed by atoms with E-state index in [-0.39, 0.29) is 18.9 Å². The van der Waals surface area contributed by atoms with Gasteiger partial charge in [-0.25, -0.2) is 4.99 Å².